The van der Waals surface area contributed by atoms with E-state index in [2.05, 4.69) is 14.7 Å². The van der Waals surface area contributed by atoms with Gasteiger partial charge >= 0.3 is 6.18 Å². The number of aromatic amines is 1. The molecule has 3 heterocycles. The summed E-state index contributed by atoms with van der Waals surface area (Å²) in [4.78, 5) is 19.4. The average molecular weight is 376 g/mol. The lowest BCUT2D eigenvalue weighted by molar-refractivity contribution is -0.164. The lowest BCUT2D eigenvalue weighted by Gasteiger charge is -2.32. The number of piperidine rings is 1. The third kappa shape index (κ3) is 3.76. The molecule has 1 aliphatic rings. The fourth-order valence-electron chi connectivity index (χ4n) is 2.83. The fourth-order valence-corrected chi connectivity index (χ4v) is 4.22. The molecule has 2 aromatic heterocycles. The van der Waals surface area contributed by atoms with Gasteiger partial charge in [-0.05, 0) is 25.0 Å². The van der Waals surface area contributed by atoms with Crippen LogP contribution in [-0.2, 0) is 14.8 Å². The number of fused-ring (bicyclic) bond motifs is 1. The van der Waals surface area contributed by atoms with E-state index in [1.807, 2.05) is 0 Å². The number of aromatic nitrogens is 2. The Morgan fingerprint density at radius 2 is 2.16 bits per heavy atom. The normalized spacial score (nSPS) is 19.6. The van der Waals surface area contributed by atoms with Gasteiger partial charge in [-0.2, -0.15) is 17.9 Å². The highest BCUT2D eigenvalue weighted by atomic mass is 32.2. The van der Waals surface area contributed by atoms with E-state index in [0.29, 0.717) is 15.9 Å². The van der Waals surface area contributed by atoms with Crippen LogP contribution in [0.3, 0.4) is 0 Å². The molecule has 11 heteroatoms. The Morgan fingerprint density at radius 3 is 2.88 bits per heavy atom. The van der Waals surface area contributed by atoms with Crippen LogP contribution in [-0.4, -0.2) is 54.5 Å². The van der Waals surface area contributed by atoms with E-state index in [9.17, 15) is 26.4 Å². The molecule has 7 nitrogen and oxygen atoms in total. The van der Waals surface area contributed by atoms with E-state index in [1.165, 1.54) is 12.4 Å². The van der Waals surface area contributed by atoms with Crippen molar-refractivity contribution < 1.29 is 26.4 Å². The first kappa shape index (κ1) is 17.7. The van der Waals surface area contributed by atoms with E-state index >= 15 is 0 Å². The Kier molecular flexibility index (Phi) is 4.45. The van der Waals surface area contributed by atoms with Crippen LogP contribution in [0.5, 0.6) is 0 Å². The smallest absolute Gasteiger partial charge is 0.345 e. The van der Waals surface area contributed by atoms with E-state index in [-0.39, 0.29) is 24.3 Å². The zero-order valence-corrected chi connectivity index (χ0v) is 13.7. The maximum absolute atomic E-state index is 12.6. The molecule has 0 spiro atoms. The second-order valence-electron chi connectivity index (χ2n) is 5.74. The molecule has 1 saturated heterocycles. The van der Waals surface area contributed by atoms with Crippen LogP contribution in [0.2, 0.25) is 0 Å². The van der Waals surface area contributed by atoms with Gasteiger partial charge in [0.2, 0.25) is 15.9 Å². The molecule has 1 amide bonds. The van der Waals surface area contributed by atoms with Crippen LogP contribution in [0, 0.1) is 0 Å². The molecule has 1 unspecified atom stereocenters. The first-order valence-corrected chi connectivity index (χ1v) is 8.96. The predicted octanol–water partition coefficient (Wildman–Crippen LogP) is 1.39. The zero-order valence-electron chi connectivity index (χ0n) is 12.9. The van der Waals surface area contributed by atoms with E-state index in [1.54, 1.807) is 12.1 Å². The van der Waals surface area contributed by atoms with Crippen LogP contribution in [0.15, 0.2) is 29.4 Å². The maximum atomic E-state index is 12.6. The SMILES string of the molecule is O=C1C(NS(=O)(=O)c2c[nH]c3ncccc23)CCCN1CC(F)(F)F. The van der Waals surface area contributed by atoms with Crippen LogP contribution < -0.4 is 4.72 Å². The molecule has 2 N–H and O–H groups in total. The summed E-state index contributed by atoms with van der Waals surface area (Å²) >= 11 is 0. The number of hydrogen-bond donors (Lipinski definition) is 2. The number of H-pyrrole nitrogens is 1. The number of pyridine rings is 1. The number of carbonyl (C=O) groups excluding carboxylic acids is 1. The van der Waals surface area contributed by atoms with Gasteiger partial charge in [-0.1, -0.05) is 0 Å². The molecule has 1 fully saturated rings. The molecule has 3 rings (SSSR count). The first-order chi connectivity index (χ1) is 11.7. The van der Waals surface area contributed by atoms with Crippen molar-refractivity contribution in [2.75, 3.05) is 13.1 Å². The van der Waals surface area contributed by atoms with E-state index < -0.39 is 34.7 Å². The average Bonchev–Trinajstić information content (AvgIpc) is 2.95. The van der Waals surface area contributed by atoms with Gasteiger partial charge in [0.25, 0.3) is 0 Å². The van der Waals surface area contributed by atoms with Gasteiger partial charge < -0.3 is 9.88 Å². The van der Waals surface area contributed by atoms with Crippen LogP contribution in [0.4, 0.5) is 13.2 Å². The highest BCUT2D eigenvalue weighted by Crippen LogP contribution is 2.24. The van der Waals surface area contributed by atoms with Gasteiger partial charge in [-0.25, -0.2) is 13.4 Å². The maximum Gasteiger partial charge on any atom is 0.406 e. The van der Waals surface area contributed by atoms with Crippen LogP contribution in [0.25, 0.3) is 11.0 Å². The number of alkyl halides is 3. The minimum absolute atomic E-state index is 0.0480. The molecule has 0 saturated carbocycles. The lowest BCUT2D eigenvalue weighted by Crippen LogP contribution is -2.54. The minimum Gasteiger partial charge on any atom is -0.345 e. The quantitative estimate of drug-likeness (QED) is 0.843. The van der Waals surface area contributed by atoms with Crippen molar-refractivity contribution >= 4 is 27.0 Å². The number of carbonyl (C=O) groups is 1. The summed E-state index contributed by atoms with van der Waals surface area (Å²) in [5, 5.41) is 0.338. The summed E-state index contributed by atoms with van der Waals surface area (Å²) in [7, 11) is -4.09. The summed E-state index contributed by atoms with van der Waals surface area (Å²) in [5.74, 6) is -0.870. The van der Waals surface area contributed by atoms with E-state index in [4.69, 9.17) is 0 Å². The van der Waals surface area contributed by atoms with Crippen molar-refractivity contribution in [2.45, 2.75) is 30.0 Å². The molecule has 0 radical (unpaired) electrons. The first-order valence-electron chi connectivity index (χ1n) is 7.47. The third-order valence-electron chi connectivity index (χ3n) is 3.90. The van der Waals surface area contributed by atoms with Gasteiger partial charge in [0.15, 0.2) is 0 Å². The Balaban J connectivity index is 1.82. The Bertz CT molecular complexity index is 894. The Hall–Kier alpha value is -2.14. The van der Waals surface area contributed by atoms with Gasteiger partial charge in [-0.3, -0.25) is 4.79 Å². The summed E-state index contributed by atoms with van der Waals surface area (Å²) in [6, 6.07) is 1.89. The molecule has 0 aromatic carbocycles. The zero-order chi connectivity index (χ0) is 18.2. The molecular formula is C14H15F3N4O3S. The predicted molar refractivity (Wildman–Crippen MR) is 82.1 cm³/mol. The number of hydrogen-bond acceptors (Lipinski definition) is 4. The fraction of sp³-hybridized carbons (Fsp3) is 0.429. The standard InChI is InChI=1S/C14H15F3N4O3S/c15-14(16,17)8-21-6-2-4-10(13(21)22)20-25(23,24)11-7-19-12-9(11)3-1-5-18-12/h1,3,5,7,10,20H,2,4,6,8H2,(H,18,19). The highest BCUT2D eigenvalue weighted by Gasteiger charge is 2.39. The van der Waals surface area contributed by atoms with Crippen LogP contribution >= 0.6 is 0 Å². The number of nitrogens with zero attached hydrogens (tertiary/aromatic N) is 2. The second-order valence-corrected chi connectivity index (χ2v) is 7.43. The number of nitrogens with one attached hydrogen (secondary N) is 2. The highest BCUT2D eigenvalue weighted by molar-refractivity contribution is 7.89. The summed E-state index contributed by atoms with van der Waals surface area (Å²) in [6.45, 7) is -1.44. The summed E-state index contributed by atoms with van der Waals surface area (Å²) in [6.07, 6.45) is -1.38. The van der Waals surface area contributed by atoms with Gasteiger partial charge in [0, 0.05) is 24.3 Å². The topological polar surface area (TPSA) is 95.2 Å². The number of sulfonamides is 1. The van der Waals surface area contributed by atoms with Gasteiger partial charge in [-0.15, -0.1) is 0 Å². The molecule has 0 aliphatic carbocycles. The molecular weight excluding hydrogens is 361 g/mol. The van der Waals surface area contributed by atoms with Gasteiger partial charge in [0.05, 0.1) is 0 Å². The summed E-state index contributed by atoms with van der Waals surface area (Å²) in [5.41, 5.74) is 0.358. The van der Waals surface area contributed by atoms with Crippen molar-refractivity contribution in [1.82, 2.24) is 19.6 Å². The minimum atomic E-state index is -4.53. The molecule has 0 bridgehead atoms. The van der Waals surface area contributed by atoms with Crippen LogP contribution in [0.1, 0.15) is 12.8 Å². The number of amides is 1. The molecule has 2 aromatic rings. The lowest BCUT2D eigenvalue weighted by atomic mass is 10.1. The second kappa shape index (κ2) is 6.30. The molecule has 1 atom stereocenters. The monoisotopic (exact) mass is 376 g/mol. The third-order valence-corrected chi connectivity index (χ3v) is 5.41. The largest absolute Gasteiger partial charge is 0.406 e. The van der Waals surface area contributed by atoms with Crippen molar-refractivity contribution in [3.63, 3.8) is 0 Å². The Morgan fingerprint density at radius 1 is 1.40 bits per heavy atom. The molecule has 136 valence electrons. The van der Waals surface area contributed by atoms with Crippen molar-refractivity contribution in [3.8, 4) is 0 Å². The molecule has 1 aliphatic heterocycles. The van der Waals surface area contributed by atoms with Crippen molar-refractivity contribution in [2.24, 2.45) is 0 Å². The number of rotatable bonds is 4. The summed E-state index contributed by atoms with van der Waals surface area (Å²) < 4.78 is 64.9. The van der Waals surface area contributed by atoms with Crippen molar-refractivity contribution in [1.29, 1.82) is 0 Å². The Labute approximate surface area is 141 Å². The van der Waals surface area contributed by atoms with E-state index in [0.717, 1.165) is 0 Å². The number of likely N-dealkylation sites (tertiary alicyclic amines) is 1. The molecule has 25 heavy (non-hydrogen) atoms. The van der Waals surface area contributed by atoms with Crippen molar-refractivity contribution in [3.05, 3.63) is 24.5 Å². The van der Waals surface area contributed by atoms with Gasteiger partial charge in [0.1, 0.15) is 23.1 Å². The number of halogens is 3.